The first-order valence-corrected chi connectivity index (χ1v) is 5.80. The first kappa shape index (κ1) is 12.8. The quantitative estimate of drug-likeness (QED) is 0.746. The molecule has 0 atom stereocenters. The predicted molar refractivity (Wildman–Crippen MR) is 65.3 cm³/mol. The summed E-state index contributed by atoms with van der Waals surface area (Å²) in [6.45, 7) is 6.21. The molecule has 0 spiro atoms. The summed E-state index contributed by atoms with van der Waals surface area (Å²) < 4.78 is 5.13. The van der Waals surface area contributed by atoms with Gasteiger partial charge in [0.05, 0.1) is 0 Å². The fraction of sp³-hybridized carbons (Fsp3) is 0.615. The highest BCUT2D eigenvalue weighted by atomic mass is 16.6. The topological polar surface area (TPSA) is 38.3 Å². The van der Waals surface area contributed by atoms with Gasteiger partial charge in [-0.1, -0.05) is 23.8 Å². The van der Waals surface area contributed by atoms with Crippen molar-refractivity contribution in [1.29, 1.82) is 0 Å². The average Bonchev–Trinajstić information content (AvgIpc) is 2.62. The minimum Gasteiger partial charge on any atom is -0.444 e. The van der Waals surface area contributed by atoms with Crippen molar-refractivity contribution in [2.75, 3.05) is 6.54 Å². The smallest absolute Gasteiger partial charge is 0.407 e. The Morgan fingerprint density at radius 3 is 2.88 bits per heavy atom. The second-order valence-corrected chi connectivity index (χ2v) is 4.94. The molecule has 0 heterocycles. The van der Waals surface area contributed by atoms with Gasteiger partial charge in [-0.2, -0.15) is 0 Å². The fourth-order valence-corrected chi connectivity index (χ4v) is 1.48. The lowest BCUT2D eigenvalue weighted by atomic mass is 10.2. The van der Waals surface area contributed by atoms with E-state index in [0.29, 0.717) is 6.54 Å². The van der Waals surface area contributed by atoms with Gasteiger partial charge in [-0.15, -0.1) is 0 Å². The van der Waals surface area contributed by atoms with Crippen LogP contribution in [0.1, 0.15) is 40.0 Å². The number of carbonyl (C=O) groups excluding carboxylic acids is 1. The van der Waals surface area contributed by atoms with Crippen LogP contribution in [0.2, 0.25) is 0 Å². The maximum atomic E-state index is 11.3. The first-order valence-electron chi connectivity index (χ1n) is 5.80. The highest BCUT2D eigenvalue weighted by molar-refractivity contribution is 5.67. The van der Waals surface area contributed by atoms with E-state index in [2.05, 4.69) is 23.5 Å². The zero-order chi connectivity index (χ0) is 12.0. The van der Waals surface area contributed by atoms with Crippen LogP contribution in [-0.4, -0.2) is 18.2 Å². The van der Waals surface area contributed by atoms with Gasteiger partial charge in [0, 0.05) is 6.54 Å². The first-order chi connectivity index (χ1) is 7.47. The van der Waals surface area contributed by atoms with E-state index in [-0.39, 0.29) is 6.09 Å². The summed E-state index contributed by atoms with van der Waals surface area (Å²) in [4.78, 5) is 11.3. The third-order valence-electron chi connectivity index (χ3n) is 2.15. The summed E-state index contributed by atoms with van der Waals surface area (Å²) in [5.41, 5.74) is 0.947. The van der Waals surface area contributed by atoms with Gasteiger partial charge in [0.25, 0.3) is 0 Å². The molecule has 1 rings (SSSR count). The van der Waals surface area contributed by atoms with Crippen molar-refractivity contribution in [3.05, 3.63) is 23.8 Å². The van der Waals surface area contributed by atoms with Crippen LogP contribution < -0.4 is 5.32 Å². The molecule has 0 radical (unpaired) electrons. The van der Waals surface area contributed by atoms with E-state index in [4.69, 9.17) is 4.74 Å². The van der Waals surface area contributed by atoms with Crippen LogP contribution in [0.5, 0.6) is 0 Å². The number of alkyl carbamates (subject to hydrolysis) is 1. The average molecular weight is 223 g/mol. The van der Waals surface area contributed by atoms with Gasteiger partial charge in [-0.25, -0.2) is 4.79 Å². The van der Waals surface area contributed by atoms with E-state index < -0.39 is 5.60 Å². The van der Waals surface area contributed by atoms with Crippen LogP contribution in [0.4, 0.5) is 4.79 Å². The van der Waals surface area contributed by atoms with Gasteiger partial charge in [-0.3, -0.25) is 0 Å². The minimum atomic E-state index is -0.420. The van der Waals surface area contributed by atoms with Crippen LogP contribution in [0.3, 0.4) is 0 Å². The molecule has 0 aliphatic heterocycles. The molecule has 0 unspecified atom stereocenters. The molecule has 0 saturated carbocycles. The van der Waals surface area contributed by atoms with Crippen molar-refractivity contribution in [2.45, 2.75) is 45.6 Å². The van der Waals surface area contributed by atoms with Crippen molar-refractivity contribution in [3.63, 3.8) is 0 Å². The Bertz CT molecular complexity index is 298. The van der Waals surface area contributed by atoms with E-state index in [1.165, 1.54) is 5.57 Å². The molecule has 1 aliphatic carbocycles. The van der Waals surface area contributed by atoms with Crippen molar-refractivity contribution in [2.24, 2.45) is 0 Å². The van der Waals surface area contributed by atoms with E-state index >= 15 is 0 Å². The highest BCUT2D eigenvalue weighted by Crippen LogP contribution is 2.15. The third-order valence-corrected chi connectivity index (χ3v) is 2.15. The Kier molecular flexibility index (Phi) is 4.59. The minimum absolute atomic E-state index is 0.340. The molecule has 3 nitrogen and oxygen atoms in total. The van der Waals surface area contributed by atoms with Crippen molar-refractivity contribution >= 4 is 6.09 Å². The molecule has 0 bridgehead atoms. The molecule has 16 heavy (non-hydrogen) atoms. The molecule has 3 heteroatoms. The Morgan fingerprint density at radius 2 is 2.31 bits per heavy atom. The second kappa shape index (κ2) is 5.73. The maximum Gasteiger partial charge on any atom is 0.407 e. The Labute approximate surface area is 97.6 Å². The normalized spacial score (nSPS) is 17.8. The van der Waals surface area contributed by atoms with E-state index in [1.54, 1.807) is 0 Å². The van der Waals surface area contributed by atoms with Crippen molar-refractivity contribution < 1.29 is 9.53 Å². The molecular formula is C13H21NO2. The molecule has 0 fully saturated rings. The molecule has 0 aromatic heterocycles. The summed E-state index contributed by atoms with van der Waals surface area (Å²) >= 11 is 0. The van der Waals surface area contributed by atoms with Crippen molar-refractivity contribution in [3.8, 4) is 0 Å². The van der Waals surface area contributed by atoms with Gasteiger partial charge in [-0.05, 0) is 40.0 Å². The molecule has 1 amide bonds. The zero-order valence-electron chi connectivity index (χ0n) is 10.4. The van der Waals surface area contributed by atoms with Crippen LogP contribution in [0.15, 0.2) is 23.8 Å². The molecule has 1 aliphatic rings. The Balaban J connectivity index is 2.13. The SMILES string of the molecule is CC(C)(C)OC(=O)NCC/C=C1\C=CCC1. The lowest BCUT2D eigenvalue weighted by molar-refractivity contribution is 0.0529. The van der Waals surface area contributed by atoms with Crippen LogP contribution in [0.25, 0.3) is 0 Å². The molecule has 1 N–H and O–H groups in total. The van der Waals surface area contributed by atoms with E-state index in [1.807, 2.05) is 20.8 Å². The summed E-state index contributed by atoms with van der Waals surface area (Å²) in [5, 5.41) is 2.73. The molecule has 0 aromatic carbocycles. The second-order valence-electron chi connectivity index (χ2n) is 4.94. The lowest BCUT2D eigenvalue weighted by Gasteiger charge is -2.19. The number of amides is 1. The number of nitrogens with one attached hydrogen (secondary N) is 1. The Morgan fingerprint density at radius 1 is 1.56 bits per heavy atom. The number of carbonyl (C=O) groups is 1. The van der Waals surface area contributed by atoms with Gasteiger partial charge < -0.3 is 10.1 Å². The van der Waals surface area contributed by atoms with E-state index in [9.17, 15) is 4.79 Å². The molecular weight excluding hydrogens is 202 g/mol. The van der Waals surface area contributed by atoms with Crippen LogP contribution in [-0.2, 0) is 4.74 Å². The summed E-state index contributed by atoms with van der Waals surface area (Å²) in [6, 6.07) is 0. The fourth-order valence-electron chi connectivity index (χ4n) is 1.48. The number of hydrogen-bond donors (Lipinski definition) is 1. The van der Waals surface area contributed by atoms with Crippen molar-refractivity contribution in [1.82, 2.24) is 5.32 Å². The summed E-state index contributed by atoms with van der Waals surface area (Å²) in [6.07, 6.45) is 9.28. The Hall–Kier alpha value is -1.25. The number of rotatable bonds is 3. The predicted octanol–water partition coefficient (Wildman–Crippen LogP) is 3.18. The van der Waals surface area contributed by atoms with Gasteiger partial charge in [0.2, 0.25) is 0 Å². The molecule has 0 saturated heterocycles. The van der Waals surface area contributed by atoms with E-state index in [0.717, 1.165) is 19.3 Å². The largest absolute Gasteiger partial charge is 0.444 e. The molecule has 90 valence electrons. The summed E-state index contributed by atoms with van der Waals surface area (Å²) in [5.74, 6) is 0. The zero-order valence-corrected chi connectivity index (χ0v) is 10.4. The van der Waals surface area contributed by atoms with Crippen LogP contribution in [0, 0.1) is 0 Å². The number of ether oxygens (including phenoxy) is 1. The third kappa shape index (κ3) is 5.59. The number of hydrogen-bond acceptors (Lipinski definition) is 2. The maximum absolute atomic E-state index is 11.3. The standard InChI is InChI=1S/C13H21NO2/c1-13(2,3)16-12(15)14-10-6-9-11-7-4-5-8-11/h4,7,9H,5-6,8,10H2,1-3H3,(H,14,15)/b11-9+. The highest BCUT2D eigenvalue weighted by Gasteiger charge is 2.15. The monoisotopic (exact) mass is 223 g/mol. The van der Waals surface area contributed by atoms with Gasteiger partial charge in [0.15, 0.2) is 0 Å². The van der Waals surface area contributed by atoms with Gasteiger partial charge in [0.1, 0.15) is 5.60 Å². The lowest BCUT2D eigenvalue weighted by Crippen LogP contribution is -2.32. The number of allylic oxidation sites excluding steroid dienone is 3. The summed E-state index contributed by atoms with van der Waals surface area (Å²) in [7, 11) is 0. The van der Waals surface area contributed by atoms with Gasteiger partial charge >= 0.3 is 6.09 Å². The molecule has 0 aromatic rings. The van der Waals surface area contributed by atoms with Crippen LogP contribution >= 0.6 is 0 Å².